The summed E-state index contributed by atoms with van der Waals surface area (Å²) in [5, 5.41) is 8.95. The number of carbonyl (C=O) groups is 2. The van der Waals surface area contributed by atoms with Gasteiger partial charge in [0.25, 0.3) is 0 Å². The van der Waals surface area contributed by atoms with E-state index in [2.05, 4.69) is 16.3 Å². The van der Waals surface area contributed by atoms with Crippen LogP contribution in [0.25, 0.3) is 0 Å². The summed E-state index contributed by atoms with van der Waals surface area (Å²) in [6.45, 7) is 4.31. The molecule has 0 bridgehead atoms. The molecule has 0 saturated carbocycles. The fourth-order valence-corrected chi connectivity index (χ4v) is 0.827. The number of hydrogen-bond acceptors (Lipinski definition) is 6. The van der Waals surface area contributed by atoms with Gasteiger partial charge >= 0.3 is 11.9 Å². The van der Waals surface area contributed by atoms with Crippen LogP contribution in [-0.4, -0.2) is 28.6 Å². The zero-order chi connectivity index (χ0) is 12.8. The number of esters is 2. The van der Waals surface area contributed by atoms with E-state index in [1.54, 1.807) is 0 Å². The van der Waals surface area contributed by atoms with E-state index in [1.165, 1.54) is 19.1 Å². The Morgan fingerprint density at radius 3 is 2.71 bits per heavy atom. The Hall–Kier alpha value is -2.37. The highest BCUT2D eigenvalue weighted by molar-refractivity contribution is 5.88. The van der Waals surface area contributed by atoms with Crippen LogP contribution in [-0.2, 0) is 14.3 Å². The van der Waals surface area contributed by atoms with Crippen molar-refractivity contribution in [3.63, 3.8) is 0 Å². The van der Waals surface area contributed by atoms with Gasteiger partial charge in [-0.15, -0.1) is 0 Å². The summed E-state index contributed by atoms with van der Waals surface area (Å²) >= 11 is 0. The quantitative estimate of drug-likeness (QED) is 0.616. The van der Waals surface area contributed by atoms with Crippen molar-refractivity contribution >= 4 is 11.9 Å². The molecule has 0 aliphatic carbocycles. The molecule has 0 unspecified atom stereocenters. The number of nitrogens with zero attached hydrogens (tertiary/aromatic N) is 1. The van der Waals surface area contributed by atoms with Crippen molar-refractivity contribution in [3.05, 3.63) is 30.5 Å². The van der Waals surface area contributed by atoms with Crippen LogP contribution in [0.15, 0.2) is 30.5 Å². The molecule has 1 aromatic heterocycles. The van der Waals surface area contributed by atoms with Crippen molar-refractivity contribution in [1.29, 1.82) is 0 Å². The summed E-state index contributed by atoms with van der Waals surface area (Å²) in [5.41, 5.74) is 0.195. The summed E-state index contributed by atoms with van der Waals surface area (Å²) in [5.74, 6) is -1.46. The van der Waals surface area contributed by atoms with Crippen molar-refractivity contribution in [2.45, 2.75) is 6.92 Å². The number of aromatic nitrogens is 1. The number of rotatable bonds is 4. The summed E-state index contributed by atoms with van der Waals surface area (Å²) in [4.78, 5) is 25.8. The van der Waals surface area contributed by atoms with E-state index < -0.39 is 18.5 Å². The molecular formula is C11H11NO5. The Balaban J connectivity index is 2.42. The van der Waals surface area contributed by atoms with Crippen molar-refractivity contribution in [2.24, 2.45) is 0 Å². The molecule has 1 heterocycles. The van der Waals surface area contributed by atoms with E-state index >= 15 is 0 Å². The van der Waals surface area contributed by atoms with Gasteiger partial charge in [-0.25, -0.2) is 14.6 Å². The van der Waals surface area contributed by atoms with E-state index in [0.717, 1.165) is 6.20 Å². The monoisotopic (exact) mass is 237 g/mol. The highest BCUT2D eigenvalue weighted by atomic mass is 16.6. The maximum Gasteiger partial charge on any atom is 0.351 e. The zero-order valence-electron chi connectivity index (χ0n) is 9.17. The second-order valence-electron chi connectivity index (χ2n) is 3.19. The van der Waals surface area contributed by atoms with Crippen LogP contribution >= 0.6 is 0 Å². The van der Waals surface area contributed by atoms with Crippen molar-refractivity contribution < 1.29 is 24.2 Å². The van der Waals surface area contributed by atoms with E-state index in [-0.39, 0.29) is 17.2 Å². The fraction of sp³-hybridized carbons (Fsp3) is 0.182. The molecule has 0 saturated heterocycles. The summed E-state index contributed by atoms with van der Waals surface area (Å²) in [7, 11) is 0. The molecule has 17 heavy (non-hydrogen) atoms. The van der Waals surface area contributed by atoms with Gasteiger partial charge in [0.1, 0.15) is 5.75 Å². The van der Waals surface area contributed by atoms with Crippen LogP contribution in [0.1, 0.15) is 6.92 Å². The first-order valence-electron chi connectivity index (χ1n) is 4.67. The van der Waals surface area contributed by atoms with Crippen molar-refractivity contribution in [2.75, 3.05) is 6.61 Å². The van der Waals surface area contributed by atoms with E-state index in [9.17, 15) is 9.59 Å². The van der Waals surface area contributed by atoms with Gasteiger partial charge in [0.2, 0.25) is 5.88 Å². The second-order valence-corrected chi connectivity index (χ2v) is 3.19. The van der Waals surface area contributed by atoms with Gasteiger partial charge in [-0.3, -0.25) is 0 Å². The molecule has 6 nitrogen and oxygen atoms in total. The van der Waals surface area contributed by atoms with Crippen molar-refractivity contribution in [3.8, 4) is 11.6 Å². The average Bonchev–Trinajstić information content (AvgIpc) is 2.29. The highest BCUT2D eigenvalue weighted by Gasteiger charge is 2.10. The van der Waals surface area contributed by atoms with Crippen LogP contribution in [0.2, 0.25) is 0 Å². The first kappa shape index (κ1) is 12.7. The minimum absolute atomic E-state index is 0.0131. The van der Waals surface area contributed by atoms with Gasteiger partial charge < -0.3 is 14.6 Å². The molecule has 1 N–H and O–H groups in total. The number of aromatic hydroxyl groups is 1. The topological polar surface area (TPSA) is 85.7 Å². The maximum atomic E-state index is 11.2. The predicted molar refractivity (Wildman–Crippen MR) is 57.3 cm³/mol. The smallest absolute Gasteiger partial charge is 0.351 e. The highest BCUT2D eigenvalue weighted by Crippen LogP contribution is 2.11. The lowest BCUT2D eigenvalue weighted by Gasteiger charge is -2.04. The lowest BCUT2D eigenvalue weighted by atomic mass is 10.4. The molecule has 90 valence electrons. The van der Waals surface area contributed by atoms with Crippen LogP contribution in [0.5, 0.6) is 11.6 Å². The predicted octanol–water partition coefficient (Wildman–Crippen LogP) is 0.812. The molecule has 0 radical (unpaired) electrons. The number of pyridine rings is 1. The molecule has 0 fully saturated rings. The van der Waals surface area contributed by atoms with Gasteiger partial charge in [0.15, 0.2) is 6.61 Å². The SMILES string of the molecule is C=C(C)C(=O)OCC(=O)Oc1ccc(O)cn1. The first-order chi connectivity index (χ1) is 7.99. The van der Waals surface area contributed by atoms with E-state index in [1.807, 2.05) is 0 Å². The van der Waals surface area contributed by atoms with Crippen LogP contribution in [0.3, 0.4) is 0 Å². The molecule has 1 rings (SSSR count). The third-order valence-electron chi connectivity index (χ3n) is 1.61. The Morgan fingerprint density at radius 2 is 2.18 bits per heavy atom. The molecule has 0 aliphatic heterocycles. The third-order valence-corrected chi connectivity index (χ3v) is 1.61. The number of hydrogen-bond donors (Lipinski definition) is 1. The zero-order valence-corrected chi connectivity index (χ0v) is 9.17. The van der Waals surface area contributed by atoms with Gasteiger partial charge in [-0.2, -0.15) is 0 Å². The Labute approximate surface area is 97.5 Å². The normalized spacial score (nSPS) is 9.47. The van der Waals surface area contributed by atoms with Crippen LogP contribution in [0.4, 0.5) is 0 Å². The molecule has 0 aliphatic rings. The van der Waals surface area contributed by atoms with E-state index in [4.69, 9.17) is 9.84 Å². The standard InChI is InChI=1S/C11H11NO5/c1-7(2)11(15)16-6-10(14)17-9-4-3-8(13)5-12-9/h3-5,13H,1,6H2,2H3. The van der Waals surface area contributed by atoms with Gasteiger partial charge in [-0.05, 0) is 13.0 Å². The van der Waals surface area contributed by atoms with E-state index in [0.29, 0.717) is 0 Å². The fourth-order valence-electron chi connectivity index (χ4n) is 0.827. The van der Waals surface area contributed by atoms with Crippen LogP contribution in [0, 0.1) is 0 Å². The van der Waals surface area contributed by atoms with Crippen molar-refractivity contribution in [1.82, 2.24) is 4.98 Å². The summed E-state index contributed by atoms with van der Waals surface area (Å²) < 4.78 is 9.30. The molecule has 0 aromatic carbocycles. The minimum Gasteiger partial charge on any atom is -0.506 e. The Morgan fingerprint density at radius 1 is 1.47 bits per heavy atom. The van der Waals surface area contributed by atoms with Gasteiger partial charge in [0.05, 0.1) is 6.20 Å². The largest absolute Gasteiger partial charge is 0.506 e. The Kier molecular flexibility index (Phi) is 4.21. The van der Waals surface area contributed by atoms with Crippen LogP contribution < -0.4 is 4.74 Å². The minimum atomic E-state index is -0.766. The maximum absolute atomic E-state index is 11.2. The summed E-state index contributed by atoms with van der Waals surface area (Å²) in [6.07, 6.45) is 1.13. The average molecular weight is 237 g/mol. The van der Waals surface area contributed by atoms with Gasteiger partial charge in [0, 0.05) is 11.6 Å². The van der Waals surface area contributed by atoms with Gasteiger partial charge in [-0.1, -0.05) is 6.58 Å². The first-order valence-corrected chi connectivity index (χ1v) is 4.67. The molecule has 1 aromatic rings. The molecule has 0 amide bonds. The lowest BCUT2D eigenvalue weighted by molar-refractivity contribution is -0.150. The Bertz CT molecular complexity index is 438. The molecule has 0 spiro atoms. The third kappa shape index (κ3) is 4.33. The second kappa shape index (κ2) is 5.64. The molecular weight excluding hydrogens is 226 g/mol. The molecule has 0 atom stereocenters. The number of ether oxygens (including phenoxy) is 2. The number of carbonyl (C=O) groups excluding carboxylic acids is 2. The summed E-state index contributed by atoms with van der Waals surface area (Å²) in [6, 6.07) is 2.63. The molecule has 6 heteroatoms. The lowest BCUT2D eigenvalue weighted by Crippen LogP contribution is -2.19.